The third-order valence-corrected chi connectivity index (χ3v) is 4.02. The molecule has 0 aliphatic heterocycles. The van der Waals surface area contributed by atoms with E-state index in [1.165, 1.54) is 37.3 Å². The van der Waals surface area contributed by atoms with Crippen LogP contribution in [0.1, 0.15) is 33.5 Å². The van der Waals surface area contributed by atoms with Crippen LogP contribution in [0.3, 0.4) is 0 Å². The van der Waals surface area contributed by atoms with Crippen molar-refractivity contribution in [3.05, 3.63) is 59.0 Å². The first-order valence-corrected chi connectivity index (χ1v) is 9.12. The van der Waals surface area contributed by atoms with E-state index in [9.17, 15) is 26.4 Å². The molecule has 0 radical (unpaired) electrons. The molecule has 0 amide bonds. The number of alkyl halides is 3. The number of carbonyl (C=O) groups excluding carboxylic acids is 1. The number of aryl methyl sites for hydroxylation is 1. The van der Waals surface area contributed by atoms with Gasteiger partial charge in [-0.2, -0.15) is 13.2 Å². The minimum Gasteiger partial charge on any atom is -0.462 e. The zero-order valence-corrected chi connectivity index (χ0v) is 14.1. The van der Waals surface area contributed by atoms with Gasteiger partial charge in [-0.25, -0.2) is 13.2 Å². The summed E-state index contributed by atoms with van der Waals surface area (Å²) in [6, 6.07) is 7.54. The third kappa shape index (κ3) is 5.35. The van der Waals surface area contributed by atoms with Crippen LogP contribution in [0.4, 0.5) is 13.2 Å². The maximum atomic E-state index is 13.1. The molecule has 0 aliphatic rings. The van der Waals surface area contributed by atoms with Crippen molar-refractivity contribution >= 4 is 15.8 Å². The highest BCUT2D eigenvalue weighted by atomic mass is 32.2. The van der Waals surface area contributed by atoms with Crippen LogP contribution in [0.2, 0.25) is 0 Å². The first kappa shape index (κ1) is 19.0. The Labute approximate surface area is 142 Å². The lowest BCUT2D eigenvalue weighted by molar-refractivity contribution is -0.212. The van der Waals surface area contributed by atoms with E-state index in [-0.39, 0.29) is 17.1 Å². The molecule has 2 rings (SSSR count). The highest BCUT2D eigenvalue weighted by Gasteiger charge is 2.46. The van der Waals surface area contributed by atoms with Gasteiger partial charge in [0.15, 0.2) is 15.6 Å². The molecule has 25 heavy (non-hydrogen) atoms. The molecule has 0 aliphatic carbocycles. The second-order valence-corrected chi connectivity index (χ2v) is 7.68. The summed E-state index contributed by atoms with van der Waals surface area (Å²) in [6.45, 7) is 1.47. The zero-order valence-electron chi connectivity index (χ0n) is 13.3. The number of rotatable bonds is 5. The van der Waals surface area contributed by atoms with Gasteiger partial charge in [0.05, 0.1) is 11.3 Å². The van der Waals surface area contributed by atoms with Gasteiger partial charge in [0.2, 0.25) is 0 Å². The van der Waals surface area contributed by atoms with Gasteiger partial charge in [0, 0.05) is 6.26 Å². The van der Waals surface area contributed by atoms with E-state index >= 15 is 0 Å². The Morgan fingerprint density at radius 2 is 1.76 bits per heavy atom. The number of halogens is 3. The fourth-order valence-electron chi connectivity index (χ4n) is 2.10. The molecule has 5 nitrogen and oxygen atoms in total. The van der Waals surface area contributed by atoms with Crippen LogP contribution >= 0.6 is 0 Å². The lowest BCUT2D eigenvalue weighted by Crippen LogP contribution is -2.26. The van der Waals surface area contributed by atoms with E-state index < -0.39 is 33.8 Å². The van der Waals surface area contributed by atoms with Gasteiger partial charge in [-0.05, 0) is 36.8 Å². The number of benzene rings is 1. The molecule has 0 saturated heterocycles. The van der Waals surface area contributed by atoms with E-state index in [2.05, 4.69) is 4.74 Å². The largest absolute Gasteiger partial charge is 0.462 e. The molecule has 9 heteroatoms. The van der Waals surface area contributed by atoms with E-state index in [1.54, 1.807) is 0 Å². The molecule has 2 aromatic rings. The van der Waals surface area contributed by atoms with Crippen molar-refractivity contribution in [2.24, 2.45) is 0 Å². The van der Waals surface area contributed by atoms with Crippen molar-refractivity contribution in [3.63, 3.8) is 0 Å². The van der Waals surface area contributed by atoms with Gasteiger partial charge in [-0.3, -0.25) is 0 Å². The molecule has 0 fully saturated rings. The Hall–Kier alpha value is -2.29. The highest BCUT2D eigenvalue weighted by Crippen LogP contribution is 2.37. The highest BCUT2D eigenvalue weighted by molar-refractivity contribution is 7.89. The van der Waals surface area contributed by atoms with Crippen LogP contribution in [0, 0.1) is 6.92 Å². The predicted molar refractivity (Wildman–Crippen MR) is 82.6 cm³/mol. The van der Waals surface area contributed by atoms with E-state index in [4.69, 9.17) is 4.42 Å². The SMILES string of the molecule is Cc1ccc(C(OC(=O)c2ccc(CS(C)(=O)=O)cc2)C(F)(F)F)o1. The Bertz CT molecular complexity index is 851. The Morgan fingerprint density at radius 3 is 2.20 bits per heavy atom. The topological polar surface area (TPSA) is 73.6 Å². The summed E-state index contributed by atoms with van der Waals surface area (Å²) in [7, 11) is -3.26. The van der Waals surface area contributed by atoms with Crippen LogP contribution in [0.15, 0.2) is 40.8 Å². The fourth-order valence-corrected chi connectivity index (χ4v) is 2.89. The summed E-state index contributed by atoms with van der Waals surface area (Å²) in [5.41, 5.74) is 0.280. The van der Waals surface area contributed by atoms with Gasteiger partial charge < -0.3 is 9.15 Å². The van der Waals surface area contributed by atoms with E-state index in [1.807, 2.05) is 0 Å². The van der Waals surface area contributed by atoms with Crippen LogP contribution in [-0.2, 0) is 20.3 Å². The number of esters is 1. The van der Waals surface area contributed by atoms with Crippen LogP contribution in [-0.4, -0.2) is 26.8 Å². The first-order valence-electron chi connectivity index (χ1n) is 7.06. The Kier molecular flexibility index (Phi) is 5.26. The standard InChI is InChI=1S/C16H15F3O5S/c1-10-3-8-13(23-10)14(16(17,18)19)24-15(20)12-6-4-11(5-7-12)9-25(2,21)22/h3-8,14H,9H2,1-2H3. The number of hydrogen-bond acceptors (Lipinski definition) is 5. The van der Waals surface area contributed by atoms with Gasteiger partial charge in [-0.1, -0.05) is 12.1 Å². The third-order valence-electron chi connectivity index (χ3n) is 3.16. The van der Waals surface area contributed by atoms with Gasteiger partial charge in [0.25, 0.3) is 6.10 Å². The minimum absolute atomic E-state index is 0.130. The van der Waals surface area contributed by atoms with Crippen LogP contribution in [0.5, 0.6) is 0 Å². The number of ether oxygens (including phenoxy) is 1. The molecule has 1 aromatic carbocycles. The molecular formula is C16H15F3O5S. The molecular weight excluding hydrogens is 361 g/mol. The monoisotopic (exact) mass is 376 g/mol. The molecule has 0 saturated carbocycles. The van der Waals surface area contributed by atoms with Crippen molar-refractivity contribution in [1.82, 2.24) is 0 Å². The van der Waals surface area contributed by atoms with Crippen molar-refractivity contribution < 1.29 is 35.5 Å². The Balaban J connectivity index is 2.18. The number of sulfone groups is 1. The second kappa shape index (κ2) is 6.91. The second-order valence-electron chi connectivity index (χ2n) is 5.54. The lowest BCUT2D eigenvalue weighted by Gasteiger charge is -2.18. The van der Waals surface area contributed by atoms with E-state index in [0.29, 0.717) is 5.56 Å². The molecule has 1 heterocycles. The van der Waals surface area contributed by atoms with Crippen LogP contribution < -0.4 is 0 Å². The van der Waals surface area contributed by atoms with Crippen LogP contribution in [0.25, 0.3) is 0 Å². The summed E-state index contributed by atoms with van der Waals surface area (Å²) in [6.07, 6.45) is -6.31. The average molecular weight is 376 g/mol. The van der Waals surface area contributed by atoms with Crippen molar-refractivity contribution in [2.45, 2.75) is 25.0 Å². The maximum Gasteiger partial charge on any atom is 0.433 e. The van der Waals surface area contributed by atoms with Gasteiger partial charge in [0.1, 0.15) is 5.76 Å². The molecule has 0 N–H and O–H groups in total. The lowest BCUT2D eigenvalue weighted by atomic mass is 10.1. The summed E-state index contributed by atoms with van der Waals surface area (Å²) in [4.78, 5) is 12.0. The van der Waals surface area contributed by atoms with Gasteiger partial charge >= 0.3 is 12.1 Å². The molecule has 1 unspecified atom stereocenters. The quantitative estimate of drug-likeness (QED) is 0.746. The number of furan rings is 1. The minimum atomic E-state index is -4.84. The summed E-state index contributed by atoms with van der Waals surface area (Å²) in [5.74, 6) is -1.70. The van der Waals surface area contributed by atoms with Crippen molar-refractivity contribution in [1.29, 1.82) is 0 Å². The predicted octanol–water partition coefficient (Wildman–Crippen LogP) is 3.59. The van der Waals surface area contributed by atoms with E-state index in [0.717, 1.165) is 12.3 Å². The van der Waals surface area contributed by atoms with Crippen molar-refractivity contribution in [3.8, 4) is 0 Å². The first-order chi connectivity index (χ1) is 11.5. The normalized spacial score (nSPS) is 13.5. The zero-order chi connectivity index (χ0) is 18.8. The van der Waals surface area contributed by atoms with Gasteiger partial charge in [-0.15, -0.1) is 0 Å². The molecule has 1 aromatic heterocycles. The summed E-state index contributed by atoms with van der Waals surface area (Å²) in [5, 5.41) is 0. The molecule has 0 bridgehead atoms. The molecule has 1 atom stereocenters. The number of carbonyl (C=O) groups is 1. The molecule has 136 valence electrons. The smallest absolute Gasteiger partial charge is 0.433 e. The maximum absolute atomic E-state index is 13.1. The summed E-state index contributed by atoms with van der Waals surface area (Å²) < 4.78 is 71.3. The fraction of sp³-hybridized carbons (Fsp3) is 0.312. The molecule has 0 spiro atoms. The number of hydrogen-bond donors (Lipinski definition) is 0. The summed E-state index contributed by atoms with van der Waals surface area (Å²) >= 11 is 0. The Morgan fingerprint density at radius 1 is 1.16 bits per heavy atom. The van der Waals surface area contributed by atoms with Crippen molar-refractivity contribution in [2.75, 3.05) is 6.26 Å². The average Bonchev–Trinajstić information content (AvgIpc) is 2.88.